The summed E-state index contributed by atoms with van der Waals surface area (Å²) in [7, 11) is 0. The molecule has 0 heterocycles. The van der Waals surface area contributed by atoms with E-state index >= 15 is 0 Å². The van der Waals surface area contributed by atoms with Gasteiger partial charge in [-0.05, 0) is 31.2 Å². The normalized spacial score (nSPS) is 28.2. The van der Waals surface area contributed by atoms with Gasteiger partial charge < -0.3 is 11.5 Å². The van der Waals surface area contributed by atoms with E-state index in [1.165, 1.54) is 11.1 Å². The number of nitrogens with two attached hydrogens (primary N) is 2. The molecule has 0 aromatic heterocycles. The summed E-state index contributed by atoms with van der Waals surface area (Å²) < 4.78 is 0. The molecular formula is C12H18N2. The molecule has 1 aliphatic carbocycles. The predicted molar refractivity (Wildman–Crippen MR) is 58.8 cm³/mol. The third-order valence-electron chi connectivity index (χ3n) is 3.18. The SMILES string of the molecule is Cc1ccc(C(N)C2CC(N)C2)cc1. The van der Waals surface area contributed by atoms with E-state index in [0.717, 1.165) is 12.8 Å². The summed E-state index contributed by atoms with van der Waals surface area (Å²) >= 11 is 0. The lowest BCUT2D eigenvalue weighted by Crippen LogP contribution is -2.41. The molecule has 1 aliphatic rings. The largest absolute Gasteiger partial charge is 0.328 e. The standard InChI is InChI=1S/C12H18N2/c1-8-2-4-9(5-3-8)12(14)10-6-11(13)7-10/h2-5,10-12H,6-7,13-14H2,1H3. The Labute approximate surface area is 85.3 Å². The van der Waals surface area contributed by atoms with Crippen LogP contribution in [0, 0.1) is 12.8 Å². The topological polar surface area (TPSA) is 52.0 Å². The summed E-state index contributed by atoms with van der Waals surface area (Å²) in [5.74, 6) is 0.590. The molecular weight excluding hydrogens is 172 g/mol. The van der Waals surface area contributed by atoms with Gasteiger partial charge in [0.25, 0.3) is 0 Å². The molecule has 0 aliphatic heterocycles. The second-order valence-corrected chi connectivity index (χ2v) is 4.43. The number of benzene rings is 1. The molecule has 1 fully saturated rings. The minimum atomic E-state index is 0.176. The molecule has 1 unspecified atom stereocenters. The summed E-state index contributed by atoms with van der Waals surface area (Å²) in [6, 6.07) is 9.06. The van der Waals surface area contributed by atoms with E-state index < -0.39 is 0 Å². The first-order valence-electron chi connectivity index (χ1n) is 5.24. The number of aryl methyl sites for hydroxylation is 1. The van der Waals surface area contributed by atoms with Crippen LogP contribution in [0.3, 0.4) is 0 Å². The fourth-order valence-corrected chi connectivity index (χ4v) is 2.06. The molecule has 1 aromatic carbocycles. The predicted octanol–water partition coefficient (Wildman–Crippen LogP) is 1.73. The van der Waals surface area contributed by atoms with Crippen molar-refractivity contribution >= 4 is 0 Å². The molecule has 14 heavy (non-hydrogen) atoms. The Morgan fingerprint density at radius 3 is 2.29 bits per heavy atom. The van der Waals surface area contributed by atoms with Crippen molar-refractivity contribution < 1.29 is 0 Å². The van der Waals surface area contributed by atoms with Crippen LogP contribution in [0.4, 0.5) is 0 Å². The fraction of sp³-hybridized carbons (Fsp3) is 0.500. The van der Waals surface area contributed by atoms with E-state index in [1.54, 1.807) is 0 Å². The molecule has 2 heteroatoms. The summed E-state index contributed by atoms with van der Waals surface area (Å²) in [6.07, 6.45) is 2.16. The molecule has 1 atom stereocenters. The maximum absolute atomic E-state index is 6.16. The van der Waals surface area contributed by atoms with Crippen LogP contribution >= 0.6 is 0 Å². The molecule has 0 radical (unpaired) electrons. The Hall–Kier alpha value is -0.860. The minimum absolute atomic E-state index is 0.176. The lowest BCUT2D eigenvalue weighted by Gasteiger charge is -2.36. The van der Waals surface area contributed by atoms with Crippen LogP contribution in [-0.4, -0.2) is 6.04 Å². The summed E-state index contributed by atoms with van der Waals surface area (Å²) in [5, 5.41) is 0. The van der Waals surface area contributed by atoms with Crippen LogP contribution in [0.15, 0.2) is 24.3 Å². The van der Waals surface area contributed by atoms with Crippen molar-refractivity contribution in [1.82, 2.24) is 0 Å². The second kappa shape index (κ2) is 3.71. The highest BCUT2D eigenvalue weighted by atomic mass is 14.7. The summed E-state index contributed by atoms with van der Waals surface area (Å²) in [4.78, 5) is 0. The summed E-state index contributed by atoms with van der Waals surface area (Å²) in [6.45, 7) is 2.09. The van der Waals surface area contributed by atoms with Crippen LogP contribution in [0.2, 0.25) is 0 Å². The average Bonchev–Trinajstić information content (AvgIpc) is 2.13. The molecule has 2 rings (SSSR count). The van der Waals surface area contributed by atoms with Gasteiger partial charge >= 0.3 is 0 Å². The van der Waals surface area contributed by atoms with Gasteiger partial charge in [-0.1, -0.05) is 29.8 Å². The number of hydrogen-bond donors (Lipinski definition) is 2. The van der Waals surface area contributed by atoms with Crippen LogP contribution < -0.4 is 11.5 Å². The smallest absolute Gasteiger partial charge is 0.0324 e. The fourth-order valence-electron chi connectivity index (χ4n) is 2.06. The highest BCUT2D eigenvalue weighted by Gasteiger charge is 2.31. The lowest BCUT2D eigenvalue weighted by atomic mass is 9.74. The van der Waals surface area contributed by atoms with Crippen molar-refractivity contribution in [2.24, 2.45) is 17.4 Å². The quantitative estimate of drug-likeness (QED) is 0.746. The van der Waals surface area contributed by atoms with Crippen LogP contribution in [-0.2, 0) is 0 Å². The molecule has 1 saturated carbocycles. The van der Waals surface area contributed by atoms with Crippen LogP contribution in [0.1, 0.15) is 30.0 Å². The maximum Gasteiger partial charge on any atom is 0.0324 e. The molecule has 0 amide bonds. The van der Waals surface area contributed by atoms with Gasteiger partial charge in [0.15, 0.2) is 0 Å². The van der Waals surface area contributed by atoms with E-state index in [4.69, 9.17) is 11.5 Å². The van der Waals surface area contributed by atoms with Crippen molar-refractivity contribution in [3.8, 4) is 0 Å². The highest BCUT2D eigenvalue weighted by molar-refractivity contribution is 5.24. The molecule has 4 N–H and O–H groups in total. The van der Waals surface area contributed by atoms with Gasteiger partial charge in [-0.15, -0.1) is 0 Å². The summed E-state index contributed by atoms with van der Waals surface area (Å²) in [5.41, 5.74) is 14.4. The maximum atomic E-state index is 6.16. The van der Waals surface area contributed by atoms with Crippen molar-refractivity contribution in [2.75, 3.05) is 0 Å². The first kappa shape index (κ1) is 9.69. The third-order valence-corrected chi connectivity index (χ3v) is 3.18. The van der Waals surface area contributed by atoms with E-state index in [0.29, 0.717) is 12.0 Å². The van der Waals surface area contributed by atoms with Gasteiger partial charge in [-0.2, -0.15) is 0 Å². The Kier molecular flexibility index (Phi) is 2.57. The molecule has 0 spiro atoms. The highest BCUT2D eigenvalue weighted by Crippen LogP contribution is 2.35. The zero-order valence-electron chi connectivity index (χ0n) is 8.61. The van der Waals surface area contributed by atoms with Gasteiger partial charge in [-0.25, -0.2) is 0 Å². The van der Waals surface area contributed by atoms with E-state index in [2.05, 4.69) is 31.2 Å². The van der Waals surface area contributed by atoms with Crippen molar-refractivity contribution in [1.29, 1.82) is 0 Å². The zero-order valence-corrected chi connectivity index (χ0v) is 8.61. The minimum Gasteiger partial charge on any atom is -0.328 e. The Morgan fingerprint density at radius 1 is 1.21 bits per heavy atom. The first-order valence-corrected chi connectivity index (χ1v) is 5.24. The molecule has 0 saturated heterocycles. The van der Waals surface area contributed by atoms with Crippen molar-refractivity contribution in [3.05, 3.63) is 35.4 Å². The van der Waals surface area contributed by atoms with Gasteiger partial charge in [0.2, 0.25) is 0 Å². The third kappa shape index (κ3) is 1.81. The zero-order chi connectivity index (χ0) is 10.1. The number of hydrogen-bond acceptors (Lipinski definition) is 2. The average molecular weight is 190 g/mol. The lowest BCUT2D eigenvalue weighted by molar-refractivity contribution is 0.224. The van der Waals surface area contributed by atoms with Gasteiger partial charge in [0, 0.05) is 12.1 Å². The van der Waals surface area contributed by atoms with Gasteiger partial charge in [-0.3, -0.25) is 0 Å². The monoisotopic (exact) mass is 190 g/mol. The second-order valence-electron chi connectivity index (χ2n) is 4.43. The molecule has 1 aromatic rings. The molecule has 0 bridgehead atoms. The Bertz CT molecular complexity index is 299. The van der Waals surface area contributed by atoms with Gasteiger partial charge in [0.1, 0.15) is 0 Å². The van der Waals surface area contributed by atoms with Crippen molar-refractivity contribution in [3.63, 3.8) is 0 Å². The Balaban J connectivity index is 2.04. The van der Waals surface area contributed by atoms with E-state index in [1.807, 2.05) is 0 Å². The van der Waals surface area contributed by atoms with E-state index in [-0.39, 0.29) is 6.04 Å². The molecule has 2 nitrogen and oxygen atoms in total. The van der Waals surface area contributed by atoms with Gasteiger partial charge in [0.05, 0.1) is 0 Å². The Morgan fingerprint density at radius 2 is 1.79 bits per heavy atom. The number of rotatable bonds is 2. The van der Waals surface area contributed by atoms with Crippen LogP contribution in [0.5, 0.6) is 0 Å². The van der Waals surface area contributed by atoms with Crippen molar-refractivity contribution in [2.45, 2.75) is 31.8 Å². The van der Waals surface area contributed by atoms with Crippen LogP contribution in [0.25, 0.3) is 0 Å². The first-order chi connectivity index (χ1) is 6.66. The molecule has 76 valence electrons. The van der Waals surface area contributed by atoms with E-state index in [9.17, 15) is 0 Å².